The van der Waals surface area contributed by atoms with E-state index in [9.17, 15) is 4.79 Å². The lowest BCUT2D eigenvalue weighted by Crippen LogP contribution is -2.18. The van der Waals surface area contributed by atoms with E-state index in [1.165, 1.54) is 70.6 Å². The molecule has 3 rings (SSSR count). The molecule has 0 aromatic heterocycles. The maximum absolute atomic E-state index is 12.5. The molecule has 0 aliphatic carbocycles. The Hall–Kier alpha value is -3.11. The molecule has 0 aliphatic heterocycles. The zero-order valence-electron chi connectivity index (χ0n) is 22.5. The molecular formula is C33H44N2O2. The lowest BCUT2D eigenvalue weighted by molar-refractivity contribution is 0.102. The number of nitrogens with one attached hydrogen (secondary N) is 1. The number of hydrogen-bond donors (Lipinski definition) is 1. The second-order valence-electron chi connectivity index (χ2n) is 9.72. The fourth-order valence-electron chi connectivity index (χ4n) is 4.43. The third kappa shape index (κ3) is 10.8. The first-order chi connectivity index (χ1) is 18.3. The van der Waals surface area contributed by atoms with Crippen LogP contribution in [-0.2, 0) is 4.84 Å². The minimum atomic E-state index is -0.114. The van der Waals surface area contributed by atoms with Crippen molar-refractivity contribution < 1.29 is 9.63 Å². The Labute approximate surface area is 224 Å². The van der Waals surface area contributed by atoms with E-state index in [1.54, 1.807) is 0 Å². The summed E-state index contributed by atoms with van der Waals surface area (Å²) in [6.45, 7) is 2.95. The number of nitrogens with zero attached hydrogens (tertiary/aromatic N) is 1. The van der Waals surface area contributed by atoms with Crippen molar-refractivity contribution in [1.82, 2.24) is 0 Å². The standard InChI is InChI=1S/C33H44N2O2/c1-2-3-4-5-6-7-8-9-10-11-12-19-28-37-35(31-22-17-14-18-23-31)32-26-24-30(25-27-32)34-33(36)29-20-15-13-16-21-29/h13-18,20-27H,2-12,19,28H2,1H3,(H,34,36). The largest absolute Gasteiger partial charge is 0.322 e. The van der Waals surface area contributed by atoms with Crippen LogP contribution in [0.4, 0.5) is 17.1 Å². The molecule has 1 N–H and O–H groups in total. The lowest BCUT2D eigenvalue weighted by atomic mass is 10.1. The van der Waals surface area contributed by atoms with E-state index in [0.29, 0.717) is 12.2 Å². The molecule has 198 valence electrons. The number of benzene rings is 3. The van der Waals surface area contributed by atoms with Crippen molar-refractivity contribution in [2.24, 2.45) is 0 Å². The summed E-state index contributed by atoms with van der Waals surface area (Å²) in [6.07, 6.45) is 15.9. The van der Waals surface area contributed by atoms with Crippen molar-refractivity contribution in [2.45, 2.75) is 84.0 Å². The summed E-state index contributed by atoms with van der Waals surface area (Å²) < 4.78 is 0. The summed E-state index contributed by atoms with van der Waals surface area (Å²) in [7, 11) is 0. The van der Waals surface area contributed by atoms with Gasteiger partial charge in [-0.25, -0.2) is 5.06 Å². The van der Waals surface area contributed by atoms with Gasteiger partial charge in [0, 0.05) is 11.3 Å². The summed E-state index contributed by atoms with van der Waals surface area (Å²) in [5.41, 5.74) is 3.32. The van der Waals surface area contributed by atoms with Crippen LogP contribution >= 0.6 is 0 Å². The van der Waals surface area contributed by atoms with Gasteiger partial charge in [-0.1, -0.05) is 114 Å². The Morgan fingerprint density at radius 2 is 1.11 bits per heavy atom. The van der Waals surface area contributed by atoms with Crippen molar-refractivity contribution in [3.63, 3.8) is 0 Å². The average molecular weight is 501 g/mol. The van der Waals surface area contributed by atoms with Crippen LogP contribution in [0.15, 0.2) is 84.9 Å². The molecule has 0 fully saturated rings. The van der Waals surface area contributed by atoms with Gasteiger partial charge in [0.25, 0.3) is 5.91 Å². The highest BCUT2D eigenvalue weighted by molar-refractivity contribution is 6.04. The van der Waals surface area contributed by atoms with Crippen molar-refractivity contribution in [1.29, 1.82) is 0 Å². The normalized spacial score (nSPS) is 10.8. The Bertz CT molecular complexity index is 990. The number of unbranched alkanes of at least 4 members (excludes halogenated alkanes) is 11. The molecule has 4 heteroatoms. The summed E-state index contributed by atoms with van der Waals surface area (Å²) in [5.74, 6) is -0.114. The third-order valence-corrected chi connectivity index (χ3v) is 6.60. The highest BCUT2D eigenvalue weighted by atomic mass is 16.7. The molecule has 37 heavy (non-hydrogen) atoms. The van der Waals surface area contributed by atoms with E-state index in [4.69, 9.17) is 4.84 Å². The maximum Gasteiger partial charge on any atom is 0.255 e. The van der Waals surface area contributed by atoms with Gasteiger partial charge in [-0.15, -0.1) is 0 Å². The van der Waals surface area contributed by atoms with Crippen molar-refractivity contribution in [2.75, 3.05) is 17.0 Å². The van der Waals surface area contributed by atoms with Gasteiger partial charge in [-0.2, -0.15) is 0 Å². The van der Waals surface area contributed by atoms with Gasteiger partial charge in [-0.3, -0.25) is 9.63 Å². The first kappa shape index (κ1) is 28.5. The molecule has 0 spiro atoms. The summed E-state index contributed by atoms with van der Waals surface area (Å²) in [6, 6.07) is 27.2. The quantitative estimate of drug-likeness (QED) is 0.140. The molecule has 0 unspecified atom stereocenters. The average Bonchev–Trinajstić information content (AvgIpc) is 2.95. The SMILES string of the molecule is CCCCCCCCCCCCCCON(c1ccccc1)c1ccc(NC(=O)c2ccccc2)cc1. The van der Waals surface area contributed by atoms with Gasteiger partial charge < -0.3 is 5.32 Å². The van der Waals surface area contributed by atoms with Crippen molar-refractivity contribution in [3.8, 4) is 0 Å². The Morgan fingerprint density at radius 3 is 1.68 bits per heavy atom. The van der Waals surface area contributed by atoms with Gasteiger partial charge in [0.05, 0.1) is 18.0 Å². The van der Waals surface area contributed by atoms with E-state index in [-0.39, 0.29) is 5.91 Å². The minimum Gasteiger partial charge on any atom is -0.322 e. The molecule has 3 aromatic rings. The number of rotatable bonds is 18. The van der Waals surface area contributed by atoms with E-state index in [0.717, 1.165) is 23.5 Å². The summed E-state index contributed by atoms with van der Waals surface area (Å²) >= 11 is 0. The number of hydrogen-bond acceptors (Lipinski definition) is 3. The number of anilines is 3. The third-order valence-electron chi connectivity index (χ3n) is 6.60. The van der Waals surface area contributed by atoms with E-state index >= 15 is 0 Å². The van der Waals surface area contributed by atoms with Crippen LogP contribution in [0.1, 0.15) is 94.3 Å². The molecule has 0 saturated heterocycles. The molecular weight excluding hydrogens is 456 g/mol. The fraction of sp³-hybridized carbons (Fsp3) is 0.424. The Balaban J connectivity index is 1.41. The van der Waals surface area contributed by atoms with Crippen molar-refractivity contribution in [3.05, 3.63) is 90.5 Å². The highest BCUT2D eigenvalue weighted by Crippen LogP contribution is 2.27. The first-order valence-corrected chi connectivity index (χ1v) is 14.2. The first-order valence-electron chi connectivity index (χ1n) is 14.2. The second kappa shape index (κ2) is 17.4. The van der Waals surface area contributed by atoms with Gasteiger partial charge >= 0.3 is 0 Å². The van der Waals surface area contributed by atoms with Gasteiger partial charge in [0.15, 0.2) is 0 Å². The van der Waals surface area contributed by atoms with E-state index < -0.39 is 0 Å². The van der Waals surface area contributed by atoms with Gasteiger partial charge in [-0.05, 0) is 55.0 Å². The van der Waals surface area contributed by atoms with Gasteiger partial charge in [0.1, 0.15) is 0 Å². The fourth-order valence-corrected chi connectivity index (χ4v) is 4.43. The number of carbonyl (C=O) groups is 1. The topological polar surface area (TPSA) is 41.6 Å². The number of amides is 1. The molecule has 0 radical (unpaired) electrons. The summed E-state index contributed by atoms with van der Waals surface area (Å²) in [4.78, 5) is 18.7. The molecule has 0 heterocycles. The molecule has 0 atom stereocenters. The summed E-state index contributed by atoms with van der Waals surface area (Å²) in [5, 5.41) is 4.85. The Kier molecular flexibility index (Phi) is 13.4. The predicted octanol–water partition coefficient (Wildman–Crippen LogP) is 9.71. The number of para-hydroxylation sites is 1. The van der Waals surface area contributed by atoms with Crippen LogP contribution < -0.4 is 10.4 Å². The van der Waals surface area contributed by atoms with Crippen LogP contribution in [0, 0.1) is 0 Å². The molecule has 0 aliphatic rings. The predicted molar refractivity (Wildman–Crippen MR) is 156 cm³/mol. The Morgan fingerprint density at radius 1 is 0.622 bits per heavy atom. The molecule has 4 nitrogen and oxygen atoms in total. The zero-order chi connectivity index (χ0) is 26.0. The maximum atomic E-state index is 12.5. The van der Waals surface area contributed by atoms with Crippen LogP contribution in [0.3, 0.4) is 0 Å². The molecule has 3 aromatic carbocycles. The van der Waals surface area contributed by atoms with Crippen molar-refractivity contribution >= 4 is 23.0 Å². The second-order valence-corrected chi connectivity index (χ2v) is 9.72. The minimum absolute atomic E-state index is 0.114. The lowest BCUT2D eigenvalue weighted by Gasteiger charge is -2.24. The molecule has 0 saturated carbocycles. The van der Waals surface area contributed by atoms with E-state index in [2.05, 4.69) is 12.2 Å². The van der Waals surface area contributed by atoms with Crippen LogP contribution in [0.5, 0.6) is 0 Å². The highest BCUT2D eigenvalue weighted by Gasteiger charge is 2.11. The zero-order valence-corrected chi connectivity index (χ0v) is 22.5. The van der Waals surface area contributed by atoms with Crippen LogP contribution in [-0.4, -0.2) is 12.5 Å². The van der Waals surface area contributed by atoms with Crippen LogP contribution in [0.2, 0.25) is 0 Å². The smallest absolute Gasteiger partial charge is 0.255 e. The van der Waals surface area contributed by atoms with Crippen LogP contribution in [0.25, 0.3) is 0 Å². The van der Waals surface area contributed by atoms with Gasteiger partial charge in [0.2, 0.25) is 0 Å². The monoisotopic (exact) mass is 500 g/mol. The molecule has 1 amide bonds. The molecule has 0 bridgehead atoms. The van der Waals surface area contributed by atoms with E-state index in [1.807, 2.05) is 90.0 Å². The number of carbonyl (C=O) groups excluding carboxylic acids is 1.